The largest absolute Gasteiger partial charge is 0.478 e. The minimum absolute atomic E-state index is 0.113. The minimum Gasteiger partial charge on any atom is -0.478 e. The number of rotatable bonds is 4. The maximum absolute atomic E-state index is 13.0. The Bertz CT molecular complexity index is 1190. The number of hydrogen-bond acceptors (Lipinski definition) is 3. The fraction of sp³-hybridized carbons (Fsp3) is 0.120. The molecule has 0 bridgehead atoms. The van der Waals surface area contributed by atoms with E-state index < -0.39 is 5.97 Å². The van der Waals surface area contributed by atoms with Gasteiger partial charge in [0.15, 0.2) is 6.73 Å². The predicted octanol–water partition coefficient (Wildman–Crippen LogP) is 4.11. The van der Waals surface area contributed by atoms with E-state index in [9.17, 15) is 14.0 Å². The number of carbonyl (C=O) groups is 2. The average Bonchev–Trinajstić information content (AvgIpc) is 2.78. The first-order chi connectivity index (χ1) is 15.0. The third kappa shape index (κ3) is 4.73. The van der Waals surface area contributed by atoms with Gasteiger partial charge in [-0.2, -0.15) is 0 Å². The van der Waals surface area contributed by atoms with Crippen LogP contribution in [0.1, 0.15) is 37.4 Å². The fourth-order valence-corrected chi connectivity index (χ4v) is 3.22. The Kier molecular flexibility index (Phi) is 5.67. The van der Waals surface area contributed by atoms with Gasteiger partial charge >= 0.3 is 5.97 Å². The second-order valence-electron chi connectivity index (χ2n) is 7.09. The standard InChI is InChI=1S/C25H18FNO4/c26-21-11-6-17(7-12-21)2-1-3-18-8-13-23-22(14-18)24(28)27(16-31-23)15-19-4-9-20(10-5-19)25(29)30/h4-14H,2,15-16H2,(H,29,30). The highest BCUT2D eigenvalue weighted by Gasteiger charge is 2.26. The van der Waals surface area contributed by atoms with Gasteiger partial charge in [0.1, 0.15) is 11.6 Å². The van der Waals surface area contributed by atoms with Gasteiger partial charge in [0.25, 0.3) is 5.91 Å². The normalized spacial score (nSPS) is 12.4. The lowest BCUT2D eigenvalue weighted by Gasteiger charge is -2.29. The number of benzene rings is 3. The zero-order chi connectivity index (χ0) is 21.8. The van der Waals surface area contributed by atoms with E-state index in [4.69, 9.17) is 9.84 Å². The van der Waals surface area contributed by atoms with Crippen molar-refractivity contribution in [2.75, 3.05) is 6.73 Å². The first kappa shape index (κ1) is 20.2. The zero-order valence-corrected chi connectivity index (χ0v) is 16.5. The number of fused-ring (bicyclic) bond motifs is 1. The number of carbonyl (C=O) groups excluding carboxylic acids is 1. The molecule has 1 aliphatic rings. The molecule has 0 unspecified atom stereocenters. The highest BCUT2D eigenvalue weighted by molar-refractivity contribution is 5.98. The minimum atomic E-state index is -0.995. The lowest BCUT2D eigenvalue weighted by Crippen LogP contribution is -2.38. The summed E-state index contributed by atoms with van der Waals surface area (Å²) in [4.78, 5) is 25.5. The molecule has 5 nitrogen and oxygen atoms in total. The van der Waals surface area contributed by atoms with Crippen molar-refractivity contribution in [3.8, 4) is 17.6 Å². The summed E-state index contributed by atoms with van der Waals surface area (Å²) in [6.07, 6.45) is 0.472. The molecule has 0 radical (unpaired) electrons. The highest BCUT2D eigenvalue weighted by Crippen LogP contribution is 2.27. The Morgan fingerprint density at radius 1 is 1.03 bits per heavy atom. The molecule has 0 saturated heterocycles. The summed E-state index contributed by atoms with van der Waals surface area (Å²) in [6, 6.07) is 17.8. The summed E-state index contributed by atoms with van der Waals surface area (Å²) < 4.78 is 18.7. The van der Waals surface area contributed by atoms with Crippen LogP contribution in [0, 0.1) is 17.7 Å². The van der Waals surface area contributed by atoms with Gasteiger partial charge in [-0.05, 0) is 53.6 Å². The number of ether oxygens (including phenoxy) is 1. The molecule has 1 heterocycles. The van der Waals surface area contributed by atoms with Crippen LogP contribution in [0.4, 0.5) is 4.39 Å². The second kappa shape index (κ2) is 8.72. The molecule has 154 valence electrons. The van der Waals surface area contributed by atoms with E-state index in [0.29, 0.717) is 29.8 Å². The highest BCUT2D eigenvalue weighted by atomic mass is 19.1. The Labute approximate surface area is 178 Å². The van der Waals surface area contributed by atoms with Gasteiger partial charge in [0.05, 0.1) is 11.1 Å². The van der Waals surface area contributed by atoms with E-state index in [2.05, 4.69) is 11.8 Å². The monoisotopic (exact) mass is 415 g/mol. The van der Waals surface area contributed by atoms with E-state index in [0.717, 1.165) is 11.1 Å². The molecule has 1 N–H and O–H groups in total. The third-order valence-electron chi connectivity index (χ3n) is 4.89. The topological polar surface area (TPSA) is 66.8 Å². The van der Waals surface area contributed by atoms with E-state index in [1.54, 1.807) is 47.4 Å². The fourth-order valence-electron chi connectivity index (χ4n) is 3.22. The maximum atomic E-state index is 13.0. The van der Waals surface area contributed by atoms with Gasteiger partial charge in [-0.1, -0.05) is 36.1 Å². The van der Waals surface area contributed by atoms with Crippen molar-refractivity contribution in [2.45, 2.75) is 13.0 Å². The number of aromatic carboxylic acids is 1. The molecule has 0 aliphatic carbocycles. The molecule has 6 heteroatoms. The summed E-state index contributed by atoms with van der Waals surface area (Å²) in [6.45, 7) is 0.417. The molecule has 0 spiro atoms. The van der Waals surface area contributed by atoms with Crippen molar-refractivity contribution in [3.63, 3.8) is 0 Å². The van der Waals surface area contributed by atoms with Crippen LogP contribution in [0.15, 0.2) is 66.7 Å². The number of amides is 1. The first-order valence-electron chi connectivity index (χ1n) is 9.61. The van der Waals surface area contributed by atoms with Crippen molar-refractivity contribution in [1.82, 2.24) is 4.90 Å². The number of carboxylic acids is 1. The van der Waals surface area contributed by atoms with Crippen LogP contribution < -0.4 is 4.74 Å². The Morgan fingerprint density at radius 3 is 2.45 bits per heavy atom. The Morgan fingerprint density at radius 2 is 1.74 bits per heavy atom. The van der Waals surface area contributed by atoms with Gasteiger partial charge in [0.2, 0.25) is 0 Å². The van der Waals surface area contributed by atoms with Crippen LogP contribution in [-0.4, -0.2) is 28.6 Å². The quantitative estimate of drug-likeness (QED) is 0.652. The summed E-state index contributed by atoms with van der Waals surface area (Å²) in [5.74, 6) is 5.12. The number of carboxylic acid groups (broad SMARTS) is 1. The zero-order valence-electron chi connectivity index (χ0n) is 16.5. The molecular weight excluding hydrogens is 397 g/mol. The van der Waals surface area contributed by atoms with Crippen LogP contribution in [-0.2, 0) is 13.0 Å². The molecule has 3 aromatic rings. The van der Waals surface area contributed by atoms with Crippen LogP contribution in [0.25, 0.3) is 0 Å². The van der Waals surface area contributed by atoms with E-state index in [1.165, 1.54) is 24.3 Å². The molecule has 0 saturated carbocycles. The maximum Gasteiger partial charge on any atom is 0.335 e. The lowest BCUT2D eigenvalue weighted by molar-refractivity contribution is 0.0498. The summed E-state index contributed by atoms with van der Waals surface area (Å²) >= 11 is 0. The molecule has 1 aliphatic heterocycles. The van der Waals surface area contributed by atoms with Crippen LogP contribution in [0.2, 0.25) is 0 Å². The summed E-state index contributed by atoms with van der Waals surface area (Å²) in [5.41, 5.74) is 3.03. The Hall–Kier alpha value is -4.11. The van der Waals surface area contributed by atoms with Crippen molar-refractivity contribution >= 4 is 11.9 Å². The molecule has 0 atom stereocenters. The smallest absolute Gasteiger partial charge is 0.335 e. The van der Waals surface area contributed by atoms with Gasteiger partial charge in [-0.15, -0.1) is 0 Å². The first-order valence-corrected chi connectivity index (χ1v) is 9.61. The van der Waals surface area contributed by atoms with Crippen molar-refractivity contribution < 1.29 is 23.8 Å². The molecule has 3 aromatic carbocycles. The molecule has 0 fully saturated rings. The van der Waals surface area contributed by atoms with Crippen molar-refractivity contribution in [3.05, 3.63) is 100 Å². The summed E-state index contributed by atoms with van der Waals surface area (Å²) in [7, 11) is 0. The number of halogens is 1. The van der Waals surface area contributed by atoms with Crippen LogP contribution in [0.3, 0.4) is 0 Å². The van der Waals surface area contributed by atoms with Gasteiger partial charge in [-0.3, -0.25) is 4.79 Å². The van der Waals surface area contributed by atoms with Gasteiger partial charge < -0.3 is 14.7 Å². The second-order valence-corrected chi connectivity index (χ2v) is 7.09. The van der Waals surface area contributed by atoms with Gasteiger partial charge in [-0.25, -0.2) is 9.18 Å². The molecule has 1 amide bonds. The van der Waals surface area contributed by atoms with Crippen molar-refractivity contribution in [1.29, 1.82) is 0 Å². The van der Waals surface area contributed by atoms with Crippen molar-refractivity contribution in [2.24, 2.45) is 0 Å². The summed E-state index contributed by atoms with van der Waals surface area (Å²) in [5, 5.41) is 9.00. The van der Waals surface area contributed by atoms with Crippen LogP contribution >= 0.6 is 0 Å². The Balaban J connectivity index is 1.47. The third-order valence-corrected chi connectivity index (χ3v) is 4.89. The number of hydrogen-bond donors (Lipinski definition) is 1. The lowest BCUT2D eigenvalue weighted by atomic mass is 10.1. The molecule has 31 heavy (non-hydrogen) atoms. The SMILES string of the molecule is O=C(O)c1ccc(CN2COc3ccc(C#CCc4ccc(F)cc4)cc3C2=O)cc1. The molecular formula is C25H18FNO4. The van der Waals surface area contributed by atoms with Crippen LogP contribution in [0.5, 0.6) is 5.75 Å². The molecule has 4 rings (SSSR count). The average molecular weight is 415 g/mol. The number of nitrogens with zero attached hydrogens (tertiary/aromatic N) is 1. The predicted molar refractivity (Wildman–Crippen MR) is 112 cm³/mol. The van der Waals surface area contributed by atoms with E-state index >= 15 is 0 Å². The van der Waals surface area contributed by atoms with Gasteiger partial charge in [0, 0.05) is 18.5 Å². The van der Waals surface area contributed by atoms with E-state index in [-0.39, 0.29) is 24.0 Å². The molecule has 0 aromatic heterocycles. The van der Waals surface area contributed by atoms with E-state index in [1.807, 2.05) is 0 Å².